The maximum Gasteiger partial charge on any atom is 0.252 e. The van der Waals surface area contributed by atoms with Crippen LogP contribution in [0.25, 0.3) is 0 Å². The van der Waals surface area contributed by atoms with Crippen LogP contribution in [0.3, 0.4) is 0 Å². The van der Waals surface area contributed by atoms with Crippen LogP contribution >= 0.6 is 0 Å². The number of hydrogen-bond acceptors (Lipinski definition) is 4. The highest BCUT2D eigenvalue weighted by Gasteiger charge is 2.43. The van der Waals surface area contributed by atoms with Crippen molar-refractivity contribution < 1.29 is 14.7 Å². The number of para-hydroxylation sites is 1. The molecule has 0 saturated carbocycles. The Hall–Kier alpha value is -2.82. The summed E-state index contributed by atoms with van der Waals surface area (Å²) >= 11 is 0. The fourth-order valence-corrected chi connectivity index (χ4v) is 3.48. The lowest BCUT2D eigenvalue weighted by Gasteiger charge is -2.23. The van der Waals surface area contributed by atoms with Crippen LogP contribution in [0.2, 0.25) is 0 Å². The average Bonchev–Trinajstić information content (AvgIpc) is 3.04. The fraction of sp³-hybridized carbons (Fsp3) is 0.176. The molecule has 22 heavy (non-hydrogen) atoms. The van der Waals surface area contributed by atoms with Crippen molar-refractivity contribution in [3.05, 3.63) is 59.2 Å². The van der Waals surface area contributed by atoms with Gasteiger partial charge in [-0.05, 0) is 35.4 Å². The number of carbonyl (C=O) groups excluding carboxylic acids is 2. The summed E-state index contributed by atoms with van der Waals surface area (Å²) in [6.07, 6.45) is 0.873. The lowest BCUT2D eigenvalue weighted by atomic mass is 9.85. The summed E-state index contributed by atoms with van der Waals surface area (Å²) < 4.78 is 0. The lowest BCUT2D eigenvalue weighted by molar-refractivity contribution is -0.108. The predicted molar refractivity (Wildman–Crippen MR) is 81.0 cm³/mol. The van der Waals surface area contributed by atoms with Crippen molar-refractivity contribution in [3.63, 3.8) is 0 Å². The molecule has 3 atom stereocenters. The molecule has 2 aliphatic rings. The number of rotatable bonds is 2. The Kier molecular flexibility index (Phi) is 2.69. The Morgan fingerprint density at radius 2 is 1.86 bits per heavy atom. The summed E-state index contributed by atoms with van der Waals surface area (Å²) in [6, 6.07) is 11.7. The van der Waals surface area contributed by atoms with Gasteiger partial charge in [0.15, 0.2) is 0 Å². The first-order chi connectivity index (χ1) is 10.7. The molecule has 2 aliphatic heterocycles. The molecule has 3 unspecified atom stereocenters. The minimum Gasteiger partial charge on any atom is -0.508 e. The number of nitrogens with one attached hydrogen (secondary N) is 2. The third-order valence-electron chi connectivity index (χ3n) is 4.44. The molecule has 0 aliphatic carbocycles. The first kappa shape index (κ1) is 12.9. The molecule has 2 aromatic carbocycles. The van der Waals surface area contributed by atoms with Gasteiger partial charge < -0.3 is 20.5 Å². The minimum absolute atomic E-state index is 0.113. The summed E-state index contributed by atoms with van der Waals surface area (Å²) in [7, 11) is 0. The Morgan fingerprint density at radius 1 is 1.05 bits per heavy atom. The van der Waals surface area contributed by atoms with Crippen LogP contribution in [0.5, 0.6) is 5.75 Å². The number of benzene rings is 2. The van der Waals surface area contributed by atoms with Gasteiger partial charge in [-0.1, -0.05) is 18.2 Å². The number of phenols is 1. The van der Waals surface area contributed by atoms with Gasteiger partial charge in [0.2, 0.25) is 0 Å². The van der Waals surface area contributed by atoms with Crippen molar-refractivity contribution in [2.75, 3.05) is 5.32 Å². The second kappa shape index (κ2) is 4.59. The van der Waals surface area contributed by atoms with E-state index in [-0.39, 0.29) is 23.6 Å². The number of aldehydes is 1. The van der Waals surface area contributed by atoms with E-state index in [0.29, 0.717) is 5.56 Å². The maximum absolute atomic E-state index is 12.1. The molecule has 0 aromatic heterocycles. The molecule has 5 nitrogen and oxygen atoms in total. The third kappa shape index (κ3) is 1.72. The molecule has 1 amide bonds. The topological polar surface area (TPSA) is 78.4 Å². The highest BCUT2D eigenvalue weighted by atomic mass is 16.3. The second-order valence-electron chi connectivity index (χ2n) is 5.64. The van der Waals surface area contributed by atoms with Gasteiger partial charge in [0.25, 0.3) is 5.91 Å². The van der Waals surface area contributed by atoms with Crippen LogP contribution < -0.4 is 10.6 Å². The van der Waals surface area contributed by atoms with E-state index in [4.69, 9.17) is 0 Å². The number of phenolic OH excluding ortho intramolecular Hbond substituents is 1. The average molecular weight is 294 g/mol. The van der Waals surface area contributed by atoms with Crippen LogP contribution in [-0.4, -0.2) is 23.3 Å². The van der Waals surface area contributed by atoms with E-state index in [2.05, 4.69) is 10.6 Å². The predicted octanol–water partition coefficient (Wildman–Crippen LogP) is 1.95. The molecule has 0 bridgehead atoms. The molecule has 0 spiro atoms. The van der Waals surface area contributed by atoms with Gasteiger partial charge >= 0.3 is 0 Å². The largest absolute Gasteiger partial charge is 0.508 e. The first-order valence-corrected chi connectivity index (χ1v) is 7.13. The Labute approximate surface area is 127 Å². The van der Waals surface area contributed by atoms with E-state index in [1.165, 1.54) is 6.07 Å². The van der Waals surface area contributed by atoms with E-state index >= 15 is 0 Å². The smallest absolute Gasteiger partial charge is 0.252 e. The molecule has 110 valence electrons. The number of amides is 1. The molecule has 0 fully saturated rings. The van der Waals surface area contributed by atoms with Gasteiger partial charge in [-0.2, -0.15) is 0 Å². The summed E-state index contributed by atoms with van der Waals surface area (Å²) in [5.74, 6) is -0.253. The summed E-state index contributed by atoms with van der Waals surface area (Å²) in [4.78, 5) is 23.6. The van der Waals surface area contributed by atoms with E-state index in [0.717, 1.165) is 23.1 Å². The van der Waals surface area contributed by atoms with Gasteiger partial charge in [-0.3, -0.25) is 4.79 Å². The highest BCUT2D eigenvalue weighted by molar-refractivity contribution is 5.99. The van der Waals surface area contributed by atoms with E-state index in [1.807, 2.05) is 24.3 Å². The lowest BCUT2D eigenvalue weighted by Crippen LogP contribution is -2.32. The summed E-state index contributed by atoms with van der Waals surface area (Å²) in [5, 5.41) is 15.9. The number of aromatic hydroxyl groups is 1. The van der Waals surface area contributed by atoms with Crippen LogP contribution in [-0.2, 0) is 4.79 Å². The Bertz CT molecular complexity index is 787. The quantitative estimate of drug-likeness (QED) is 0.740. The van der Waals surface area contributed by atoms with Gasteiger partial charge in [-0.15, -0.1) is 0 Å². The Balaban J connectivity index is 1.84. The minimum atomic E-state index is -0.406. The van der Waals surface area contributed by atoms with Crippen molar-refractivity contribution in [1.29, 1.82) is 0 Å². The van der Waals surface area contributed by atoms with Crippen molar-refractivity contribution in [2.24, 2.45) is 0 Å². The van der Waals surface area contributed by atoms with Gasteiger partial charge in [0, 0.05) is 17.2 Å². The molecule has 0 saturated heterocycles. The number of carbonyl (C=O) groups is 2. The maximum atomic E-state index is 12.1. The molecule has 5 heteroatoms. The van der Waals surface area contributed by atoms with E-state index in [1.54, 1.807) is 12.1 Å². The molecule has 4 rings (SSSR count). The zero-order valence-corrected chi connectivity index (χ0v) is 11.6. The van der Waals surface area contributed by atoms with E-state index < -0.39 is 6.04 Å². The van der Waals surface area contributed by atoms with Crippen LogP contribution in [0, 0.1) is 0 Å². The molecule has 3 N–H and O–H groups in total. The van der Waals surface area contributed by atoms with Crippen LogP contribution in [0.15, 0.2) is 42.5 Å². The zero-order chi connectivity index (χ0) is 15.3. The second-order valence-corrected chi connectivity index (χ2v) is 5.64. The third-order valence-corrected chi connectivity index (χ3v) is 4.44. The Morgan fingerprint density at radius 3 is 2.68 bits per heavy atom. The van der Waals surface area contributed by atoms with Crippen molar-refractivity contribution in [3.8, 4) is 5.75 Å². The van der Waals surface area contributed by atoms with E-state index in [9.17, 15) is 14.7 Å². The summed E-state index contributed by atoms with van der Waals surface area (Å²) in [6.45, 7) is 0. The standard InChI is InChI=1S/C17H14N2O3/c20-8-14-15(11-3-1-2-4-13(11)18-14)16-12-7-9(21)5-6-10(12)17(22)19-16/h1-8,14-16,18,21H,(H,19,22). The molecule has 2 heterocycles. The first-order valence-electron chi connectivity index (χ1n) is 7.13. The zero-order valence-electron chi connectivity index (χ0n) is 11.6. The molecule has 2 aromatic rings. The van der Waals surface area contributed by atoms with Gasteiger partial charge in [-0.25, -0.2) is 0 Å². The van der Waals surface area contributed by atoms with Crippen molar-refractivity contribution in [1.82, 2.24) is 5.32 Å². The molecular formula is C17H14N2O3. The monoisotopic (exact) mass is 294 g/mol. The van der Waals surface area contributed by atoms with Crippen LogP contribution in [0.1, 0.15) is 33.4 Å². The molecular weight excluding hydrogens is 280 g/mol. The van der Waals surface area contributed by atoms with Gasteiger partial charge in [0.05, 0.1) is 12.1 Å². The van der Waals surface area contributed by atoms with Gasteiger partial charge in [0.1, 0.15) is 12.0 Å². The summed E-state index contributed by atoms with van der Waals surface area (Å²) in [5.41, 5.74) is 3.20. The number of hydrogen-bond donors (Lipinski definition) is 3. The normalized spacial score (nSPS) is 25.1. The van der Waals surface area contributed by atoms with Crippen LogP contribution in [0.4, 0.5) is 5.69 Å². The number of anilines is 1. The number of fused-ring (bicyclic) bond motifs is 2. The molecule has 0 radical (unpaired) electrons. The van der Waals surface area contributed by atoms with Crippen molar-refractivity contribution >= 4 is 17.9 Å². The highest BCUT2D eigenvalue weighted by Crippen LogP contribution is 2.46. The SMILES string of the molecule is O=CC1Nc2ccccc2C1C1NC(=O)c2ccc(O)cc21. The fourth-order valence-electron chi connectivity index (χ4n) is 3.48. The van der Waals surface area contributed by atoms with Crippen molar-refractivity contribution in [2.45, 2.75) is 18.0 Å².